The largest absolute Gasteiger partial charge is 0.417 e. The van der Waals surface area contributed by atoms with Crippen molar-refractivity contribution < 1.29 is 22.9 Å². The van der Waals surface area contributed by atoms with Gasteiger partial charge < -0.3 is 10.2 Å². The number of aromatic nitrogens is 1. The molecule has 0 spiro atoms. The van der Waals surface area contributed by atoms with Crippen LogP contribution in [0.15, 0.2) is 66.9 Å². The fourth-order valence-corrected chi connectivity index (χ4v) is 4.16. The lowest BCUT2D eigenvalue weighted by Crippen LogP contribution is -2.31. The fraction of sp³-hybridized carbons (Fsp3) is 0.280. The minimum absolute atomic E-state index is 0.0715. The number of benzene rings is 2. The fourth-order valence-electron chi connectivity index (χ4n) is 4.16. The molecule has 1 fully saturated rings. The average Bonchev–Trinajstić information content (AvgIpc) is 3.10. The van der Waals surface area contributed by atoms with Crippen molar-refractivity contribution in [3.05, 3.63) is 93.7 Å². The summed E-state index contributed by atoms with van der Waals surface area (Å²) in [7, 11) is 0. The van der Waals surface area contributed by atoms with E-state index in [-0.39, 0.29) is 5.69 Å². The summed E-state index contributed by atoms with van der Waals surface area (Å²) in [6, 6.07) is 14.6. The molecular formula is C25H24F3N5O3. The van der Waals surface area contributed by atoms with Gasteiger partial charge in [-0.1, -0.05) is 24.3 Å². The number of carbonyl (C=O) groups excluding carboxylic acids is 1. The number of carbonyl (C=O) groups is 1. The van der Waals surface area contributed by atoms with Gasteiger partial charge in [0.2, 0.25) is 0 Å². The van der Waals surface area contributed by atoms with Crippen molar-refractivity contribution in [3.63, 3.8) is 0 Å². The topological polar surface area (TPSA) is 91.6 Å². The Morgan fingerprint density at radius 1 is 1.03 bits per heavy atom. The zero-order chi connectivity index (χ0) is 25.7. The minimum Gasteiger partial charge on any atom is -0.355 e. The monoisotopic (exact) mass is 499 g/mol. The summed E-state index contributed by atoms with van der Waals surface area (Å²) in [5, 5.41) is 13.5. The van der Waals surface area contributed by atoms with Gasteiger partial charge >= 0.3 is 6.18 Å². The van der Waals surface area contributed by atoms with Gasteiger partial charge in [0.15, 0.2) is 0 Å². The molecule has 188 valence electrons. The molecule has 3 aromatic rings. The van der Waals surface area contributed by atoms with Crippen LogP contribution in [-0.2, 0) is 12.7 Å². The predicted molar refractivity (Wildman–Crippen MR) is 129 cm³/mol. The van der Waals surface area contributed by atoms with Crippen molar-refractivity contribution in [2.24, 2.45) is 0 Å². The number of hydrogen-bond acceptors (Lipinski definition) is 6. The zero-order valence-corrected chi connectivity index (χ0v) is 19.2. The number of nitro benzene ring substituents is 1. The smallest absolute Gasteiger partial charge is 0.355 e. The van der Waals surface area contributed by atoms with E-state index in [1.165, 1.54) is 24.4 Å². The second-order valence-corrected chi connectivity index (χ2v) is 8.45. The summed E-state index contributed by atoms with van der Waals surface area (Å²) in [5.74, 6) is -0.162. The van der Waals surface area contributed by atoms with E-state index >= 15 is 0 Å². The maximum Gasteiger partial charge on any atom is 0.417 e. The van der Waals surface area contributed by atoms with Crippen molar-refractivity contribution >= 4 is 23.1 Å². The highest BCUT2D eigenvalue weighted by atomic mass is 19.4. The molecular weight excluding hydrogens is 475 g/mol. The summed E-state index contributed by atoms with van der Waals surface area (Å²) in [6.07, 6.45) is -2.34. The Kier molecular flexibility index (Phi) is 7.49. The van der Waals surface area contributed by atoms with E-state index in [4.69, 9.17) is 0 Å². The van der Waals surface area contributed by atoms with E-state index < -0.39 is 28.1 Å². The Balaban J connectivity index is 1.36. The molecule has 0 radical (unpaired) electrons. The summed E-state index contributed by atoms with van der Waals surface area (Å²) in [4.78, 5) is 31.8. The lowest BCUT2D eigenvalue weighted by Gasteiger charge is -2.23. The second-order valence-electron chi connectivity index (χ2n) is 8.45. The Labute approximate surface area is 205 Å². The Bertz CT molecular complexity index is 1230. The van der Waals surface area contributed by atoms with E-state index in [2.05, 4.69) is 20.1 Å². The van der Waals surface area contributed by atoms with Gasteiger partial charge in [0, 0.05) is 44.9 Å². The van der Waals surface area contributed by atoms with Gasteiger partial charge in [0.05, 0.1) is 27.9 Å². The zero-order valence-electron chi connectivity index (χ0n) is 19.2. The van der Waals surface area contributed by atoms with Gasteiger partial charge in [-0.05, 0) is 36.2 Å². The van der Waals surface area contributed by atoms with Crippen molar-refractivity contribution in [3.8, 4) is 0 Å². The van der Waals surface area contributed by atoms with Crippen LogP contribution in [0.4, 0.5) is 30.4 Å². The molecule has 0 bridgehead atoms. The Morgan fingerprint density at radius 3 is 2.56 bits per heavy atom. The molecule has 2 aromatic carbocycles. The van der Waals surface area contributed by atoms with E-state index in [1.807, 2.05) is 6.07 Å². The van der Waals surface area contributed by atoms with E-state index in [1.54, 1.807) is 24.3 Å². The first-order valence-corrected chi connectivity index (χ1v) is 11.3. The van der Waals surface area contributed by atoms with Gasteiger partial charge in [0.1, 0.15) is 5.82 Å². The third-order valence-corrected chi connectivity index (χ3v) is 5.92. The number of nitrogens with one attached hydrogen (secondary N) is 1. The standard InChI is InChI=1S/C25H24F3N5O3/c26-25(27,28)22-8-2-1-7-21(22)24(34)30-19-9-10-23(29-16-19)32-12-4-11-31(13-14-32)17-18-5-3-6-20(15-18)33(35)36/h1-3,5-10,15-16H,4,11-14,17H2,(H,30,34). The molecule has 1 aromatic heterocycles. The van der Waals surface area contributed by atoms with E-state index in [9.17, 15) is 28.1 Å². The average molecular weight is 499 g/mol. The van der Waals surface area contributed by atoms with Gasteiger partial charge in [-0.15, -0.1) is 0 Å². The summed E-state index contributed by atoms with van der Waals surface area (Å²) < 4.78 is 39.6. The number of nitro groups is 1. The molecule has 1 aliphatic heterocycles. The number of anilines is 2. The van der Waals surface area contributed by atoms with Crippen molar-refractivity contribution in [1.29, 1.82) is 0 Å². The highest BCUT2D eigenvalue weighted by Crippen LogP contribution is 2.32. The van der Waals surface area contributed by atoms with Crippen LogP contribution in [0.1, 0.15) is 27.9 Å². The lowest BCUT2D eigenvalue weighted by molar-refractivity contribution is -0.384. The van der Waals surface area contributed by atoms with Crippen LogP contribution in [0.5, 0.6) is 0 Å². The molecule has 1 saturated heterocycles. The maximum atomic E-state index is 13.2. The molecule has 0 atom stereocenters. The van der Waals surface area contributed by atoms with Crippen LogP contribution in [0.25, 0.3) is 0 Å². The maximum absolute atomic E-state index is 13.2. The Hall–Kier alpha value is -3.99. The van der Waals surface area contributed by atoms with Crippen molar-refractivity contribution in [1.82, 2.24) is 9.88 Å². The predicted octanol–water partition coefficient (Wildman–Crippen LogP) is 4.97. The van der Waals surface area contributed by atoms with E-state index in [0.29, 0.717) is 24.6 Å². The second kappa shape index (κ2) is 10.7. The highest BCUT2D eigenvalue weighted by Gasteiger charge is 2.34. The number of amides is 1. The molecule has 36 heavy (non-hydrogen) atoms. The number of nitrogens with zero attached hydrogens (tertiary/aromatic N) is 4. The highest BCUT2D eigenvalue weighted by molar-refractivity contribution is 6.05. The number of halogens is 3. The number of alkyl halides is 3. The molecule has 4 rings (SSSR count). The molecule has 0 unspecified atom stereocenters. The molecule has 0 saturated carbocycles. The SMILES string of the molecule is O=C(Nc1ccc(N2CCCN(Cc3cccc([N+](=O)[O-])c3)CC2)nc1)c1ccccc1C(F)(F)F. The van der Waals surface area contributed by atoms with Crippen LogP contribution in [0.2, 0.25) is 0 Å². The molecule has 1 aliphatic rings. The Morgan fingerprint density at radius 2 is 1.83 bits per heavy atom. The first-order valence-electron chi connectivity index (χ1n) is 11.3. The van der Waals surface area contributed by atoms with Crippen LogP contribution >= 0.6 is 0 Å². The van der Waals surface area contributed by atoms with Crippen molar-refractivity contribution in [2.75, 3.05) is 36.4 Å². The van der Waals surface area contributed by atoms with E-state index in [0.717, 1.165) is 43.8 Å². The van der Waals surface area contributed by atoms with Gasteiger partial charge in [-0.25, -0.2) is 4.98 Å². The van der Waals surface area contributed by atoms with Crippen LogP contribution in [-0.4, -0.2) is 46.9 Å². The van der Waals surface area contributed by atoms with Gasteiger partial charge in [0.25, 0.3) is 11.6 Å². The third-order valence-electron chi connectivity index (χ3n) is 5.92. The quantitative estimate of drug-likeness (QED) is 0.380. The normalized spacial score (nSPS) is 14.8. The number of pyridine rings is 1. The number of hydrogen-bond donors (Lipinski definition) is 1. The number of non-ortho nitro benzene ring substituents is 1. The van der Waals surface area contributed by atoms with Crippen molar-refractivity contribution in [2.45, 2.75) is 19.1 Å². The van der Waals surface area contributed by atoms with Crippen LogP contribution in [0.3, 0.4) is 0 Å². The minimum atomic E-state index is -4.63. The first kappa shape index (κ1) is 25.1. The summed E-state index contributed by atoms with van der Waals surface area (Å²) in [5.41, 5.74) is -0.204. The van der Waals surface area contributed by atoms with Gasteiger partial charge in [-0.2, -0.15) is 13.2 Å². The van der Waals surface area contributed by atoms with Gasteiger partial charge in [-0.3, -0.25) is 19.8 Å². The first-order chi connectivity index (χ1) is 17.2. The molecule has 1 amide bonds. The molecule has 1 N–H and O–H groups in total. The molecule has 8 nitrogen and oxygen atoms in total. The third kappa shape index (κ3) is 6.16. The number of rotatable bonds is 6. The lowest BCUT2D eigenvalue weighted by atomic mass is 10.1. The summed E-state index contributed by atoms with van der Waals surface area (Å²) in [6.45, 7) is 3.60. The van der Waals surface area contributed by atoms with Crippen LogP contribution in [0, 0.1) is 10.1 Å². The summed E-state index contributed by atoms with van der Waals surface area (Å²) >= 11 is 0. The molecule has 0 aliphatic carbocycles. The molecule has 2 heterocycles. The van der Waals surface area contributed by atoms with Crippen LogP contribution < -0.4 is 10.2 Å². The molecule has 11 heteroatoms.